The maximum atomic E-state index is 12.1. The highest BCUT2D eigenvalue weighted by atomic mass is 32.2. The van der Waals surface area contributed by atoms with E-state index in [0.717, 1.165) is 0 Å². The molecule has 0 radical (unpaired) electrons. The molecule has 0 unspecified atom stereocenters. The van der Waals surface area contributed by atoms with Gasteiger partial charge in [0.1, 0.15) is 23.1 Å². The molecule has 0 aromatic rings. The molecule has 0 aromatic heterocycles. The highest BCUT2D eigenvalue weighted by Crippen LogP contribution is 2.75. The van der Waals surface area contributed by atoms with Crippen molar-refractivity contribution in [3.8, 4) is 0 Å². The number of hydrogen-bond donors (Lipinski definition) is 4. The molecular formula is C15H22O9S. The van der Waals surface area contributed by atoms with Crippen LogP contribution in [0.25, 0.3) is 0 Å². The summed E-state index contributed by atoms with van der Waals surface area (Å²) in [5, 5.41) is 31.0. The van der Waals surface area contributed by atoms with Gasteiger partial charge in [0.25, 0.3) is 10.1 Å². The molecule has 10 atom stereocenters. The van der Waals surface area contributed by atoms with Crippen LogP contribution in [-0.2, 0) is 24.3 Å². The minimum atomic E-state index is -4.62. The quantitative estimate of drug-likeness (QED) is 0.309. The number of epoxide rings is 1. The zero-order valence-corrected chi connectivity index (χ0v) is 14.6. The van der Waals surface area contributed by atoms with Crippen molar-refractivity contribution in [2.75, 3.05) is 13.2 Å². The molecule has 5 rings (SSSR count). The Bertz CT molecular complexity index is 750. The minimum Gasteiger partial charge on any atom is -0.390 e. The molecule has 142 valence electrons. The maximum Gasteiger partial charge on any atom is 0.270 e. The molecule has 0 amide bonds. The lowest BCUT2D eigenvalue weighted by Crippen LogP contribution is -2.76. The van der Waals surface area contributed by atoms with Gasteiger partial charge in [-0.2, -0.15) is 8.42 Å². The SMILES string of the molecule is C[C@H]1[C@H](S(=O)(=O)O)[C@H]2O[C@@H]3[C@H](O)C[C@](C)([C@]24CO[C@@]1(O)[C@H]4O)[C@]31CO1. The van der Waals surface area contributed by atoms with Gasteiger partial charge in [0.05, 0.1) is 30.8 Å². The van der Waals surface area contributed by atoms with E-state index < -0.39 is 67.9 Å². The first kappa shape index (κ1) is 16.8. The van der Waals surface area contributed by atoms with E-state index in [0.29, 0.717) is 6.61 Å². The summed E-state index contributed by atoms with van der Waals surface area (Å²) in [6.07, 6.45) is -3.99. The maximum absolute atomic E-state index is 12.1. The Morgan fingerprint density at radius 1 is 1.12 bits per heavy atom. The molecule has 25 heavy (non-hydrogen) atoms. The molecule has 3 aliphatic heterocycles. The van der Waals surface area contributed by atoms with Crippen LogP contribution < -0.4 is 0 Å². The summed E-state index contributed by atoms with van der Waals surface area (Å²) in [5.74, 6) is -3.24. The fourth-order valence-electron chi connectivity index (χ4n) is 6.38. The monoisotopic (exact) mass is 378 g/mol. The Morgan fingerprint density at radius 3 is 2.32 bits per heavy atom. The van der Waals surface area contributed by atoms with Crippen molar-refractivity contribution in [1.82, 2.24) is 0 Å². The van der Waals surface area contributed by atoms with Crippen LogP contribution in [0.5, 0.6) is 0 Å². The van der Waals surface area contributed by atoms with E-state index >= 15 is 0 Å². The average Bonchev–Trinajstić information content (AvgIpc) is 3.22. The first-order valence-electron chi connectivity index (χ1n) is 8.44. The lowest BCUT2D eigenvalue weighted by molar-refractivity contribution is -0.300. The second kappa shape index (κ2) is 4.22. The highest BCUT2D eigenvalue weighted by molar-refractivity contribution is 7.86. The number of hydrogen-bond acceptors (Lipinski definition) is 8. The third-order valence-electron chi connectivity index (χ3n) is 7.85. The number of aliphatic hydroxyl groups excluding tert-OH is 2. The molecule has 2 spiro atoms. The first-order chi connectivity index (χ1) is 11.5. The minimum absolute atomic E-state index is 0.146. The molecule has 5 aliphatic rings. The lowest BCUT2D eigenvalue weighted by Gasteiger charge is -2.60. The molecule has 4 bridgehead atoms. The van der Waals surface area contributed by atoms with Gasteiger partial charge in [-0.1, -0.05) is 13.8 Å². The fourth-order valence-corrected chi connectivity index (χ4v) is 7.71. The first-order valence-corrected chi connectivity index (χ1v) is 9.94. The van der Waals surface area contributed by atoms with Gasteiger partial charge >= 0.3 is 0 Å². The van der Waals surface area contributed by atoms with Crippen LogP contribution in [0.1, 0.15) is 20.3 Å². The van der Waals surface area contributed by atoms with Crippen LogP contribution in [0.4, 0.5) is 0 Å². The van der Waals surface area contributed by atoms with E-state index in [9.17, 15) is 28.3 Å². The molecule has 5 fully saturated rings. The van der Waals surface area contributed by atoms with Crippen LogP contribution in [0.15, 0.2) is 0 Å². The lowest BCUT2D eigenvalue weighted by atomic mass is 9.49. The van der Waals surface area contributed by atoms with Crippen LogP contribution in [0, 0.1) is 16.7 Å². The zero-order chi connectivity index (χ0) is 18.2. The average molecular weight is 378 g/mol. The molecule has 3 heterocycles. The van der Waals surface area contributed by atoms with Gasteiger partial charge in [-0.05, 0) is 6.42 Å². The van der Waals surface area contributed by atoms with Crippen molar-refractivity contribution in [3.05, 3.63) is 0 Å². The highest BCUT2D eigenvalue weighted by Gasteiger charge is 2.88. The Hall–Kier alpha value is -0.330. The van der Waals surface area contributed by atoms with Gasteiger partial charge < -0.3 is 29.5 Å². The van der Waals surface area contributed by atoms with E-state index in [1.807, 2.05) is 6.92 Å². The number of aliphatic hydroxyl groups is 3. The largest absolute Gasteiger partial charge is 0.390 e. The predicted molar refractivity (Wildman–Crippen MR) is 79.9 cm³/mol. The third-order valence-corrected chi connectivity index (χ3v) is 9.20. The van der Waals surface area contributed by atoms with E-state index in [1.54, 1.807) is 0 Å². The number of ether oxygens (including phenoxy) is 3. The zero-order valence-electron chi connectivity index (χ0n) is 13.8. The van der Waals surface area contributed by atoms with Crippen LogP contribution in [0.2, 0.25) is 0 Å². The Labute approximate surface area is 144 Å². The standard InChI is InChI=1S/C15H22O9S/c1-6-8(25(19,20)21)10-13(4-23-15(6,18)11(13)17)12(2)3-7(16)9(24-10)14(12)5-22-14/h6-11,16-18H,3-5H2,1-2H3,(H,19,20,21)/t6-,7+,8-,9+,10+,11-,12+,13+,14-,15+/m0/s1. The van der Waals surface area contributed by atoms with Crippen molar-refractivity contribution < 1.29 is 42.5 Å². The smallest absolute Gasteiger partial charge is 0.270 e. The van der Waals surface area contributed by atoms with Crippen molar-refractivity contribution >= 4 is 10.1 Å². The summed E-state index contributed by atoms with van der Waals surface area (Å²) in [6.45, 7) is 3.39. The van der Waals surface area contributed by atoms with E-state index in [4.69, 9.17) is 14.2 Å². The predicted octanol–water partition coefficient (Wildman–Crippen LogP) is -1.73. The third kappa shape index (κ3) is 1.48. The summed E-state index contributed by atoms with van der Waals surface area (Å²) < 4.78 is 51.4. The molecule has 2 saturated carbocycles. The molecule has 0 aromatic carbocycles. The van der Waals surface area contributed by atoms with Crippen molar-refractivity contribution in [2.24, 2.45) is 16.7 Å². The van der Waals surface area contributed by atoms with Crippen molar-refractivity contribution in [2.45, 2.75) is 61.3 Å². The Morgan fingerprint density at radius 2 is 1.76 bits per heavy atom. The molecule has 10 heteroatoms. The number of fused-ring (bicyclic) bond motifs is 1. The summed E-state index contributed by atoms with van der Waals surface area (Å²) in [6, 6.07) is 0. The van der Waals surface area contributed by atoms with E-state index in [-0.39, 0.29) is 13.0 Å². The summed E-state index contributed by atoms with van der Waals surface area (Å²) in [5.41, 5.74) is -3.04. The molecule has 4 N–H and O–H groups in total. The Balaban J connectivity index is 1.77. The summed E-state index contributed by atoms with van der Waals surface area (Å²) in [7, 11) is -4.62. The molecule has 3 saturated heterocycles. The summed E-state index contributed by atoms with van der Waals surface area (Å²) in [4.78, 5) is 0. The van der Waals surface area contributed by atoms with Crippen molar-refractivity contribution in [3.63, 3.8) is 0 Å². The Kier molecular flexibility index (Phi) is 2.84. The van der Waals surface area contributed by atoms with Gasteiger partial charge in [0, 0.05) is 11.3 Å². The van der Waals surface area contributed by atoms with Gasteiger partial charge in [-0.15, -0.1) is 0 Å². The van der Waals surface area contributed by atoms with Gasteiger partial charge in [0.2, 0.25) is 0 Å². The van der Waals surface area contributed by atoms with E-state index in [1.165, 1.54) is 6.92 Å². The van der Waals surface area contributed by atoms with Crippen LogP contribution >= 0.6 is 0 Å². The number of rotatable bonds is 1. The molecule has 2 aliphatic carbocycles. The van der Waals surface area contributed by atoms with Gasteiger partial charge in [-0.3, -0.25) is 4.55 Å². The topological polar surface area (TPSA) is 146 Å². The fraction of sp³-hybridized carbons (Fsp3) is 1.00. The van der Waals surface area contributed by atoms with Crippen molar-refractivity contribution in [1.29, 1.82) is 0 Å². The molecule has 9 nitrogen and oxygen atoms in total. The van der Waals surface area contributed by atoms with Crippen LogP contribution in [0.3, 0.4) is 0 Å². The van der Waals surface area contributed by atoms with E-state index in [2.05, 4.69) is 0 Å². The normalized spacial score (nSPS) is 65.2. The van der Waals surface area contributed by atoms with Gasteiger partial charge in [0.15, 0.2) is 5.79 Å². The van der Waals surface area contributed by atoms with Gasteiger partial charge in [-0.25, -0.2) is 0 Å². The summed E-state index contributed by atoms with van der Waals surface area (Å²) >= 11 is 0. The second-order valence-corrected chi connectivity index (χ2v) is 10.1. The van der Waals surface area contributed by atoms with Crippen LogP contribution in [-0.4, -0.2) is 82.6 Å². The second-order valence-electron chi connectivity index (χ2n) is 8.51. The molecular weight excluding hydrogens is 356 g/mol.